The first-order valence-electron chi connectivity index (χ1n) is 6.56. The number of hydrogen-bond donors (Lipinski definition) is 1. The first-order valence-corrected chi connectivity index (χ1v) is 7.44. The second-order valence-electron chi connectivity index (χ2n) is 5.11. The largest absolute Gasteiger partial charge is 0.328 e. The van der Waals surface area contributed by atoms with Crippen LogP contribution in [0.5, 0.6) is 0 Å². The highest BCUT2D eigenvalue weighted by Crippen LogP contribution is 2.26. The van der Waals surface area contributed by atoms with Crippen molar-refractivity contribution in [2.75, 3.05) is 13.6 Å². The van der Waals surface area contributed by atoms with Crippen LogP contribution in [-0.2, 0) is 6.54 Å². The Hall–Kier alpha value is -0.900. The molecule has 0 bridgehead atoms. The van der Waals surface area contributed by atoms with Crippen molar-refractivity contribution < 1.29 is 0 Å². The number of benzene rings is 1. The third-order valence-corrected chi connectivity index (χ3v) is 4.21. The van der Waals surface area contributed by atoms with Crippen molar-refractivity contribution in [2.45, 2.75) is 32.4 Å². The molecule has 1 aromatic carbocycles. The molecule has 2 N–H and O–H groups in total. The van der Waals surface area contributed by atoms with Gasteiger partial charge in [0.25, 0.3) is 0 Å². The van der Waals surface area contributed by atoms with Crippen LogP contribution in [0.2, 0.25) is 0 Å². The fourth-order valence-corrected chi connectivity index (χ4v) is 3.16. The number of rotatable bonds is 6. The quantitative estimate of drug-likeness (QED) is 0.864. The zero-order chi connectivity index (χ0) is 13.0. The third kappa shape index (κ3) is 3.55. The van der Waals surface area contributed by atoms with Crippen LogP contribution in [0.25, 0.3) is 10.1 Å². The number of thiophene rings is 1. The van der Waals surface area contributed by atoms with Crippen molar-refractivity contribution in [3.8, 4) is 0 Å². The van der Waals surface area contributed by atoms with Crippen molar-refractivity contribution >= 4 is 21.4 Å². The van der Waals surface area contributed by atoms with E-state index in [2.05, 4.69) is 48.5 Å². The maximum absolute atomic E-state index is 5.77. The van der Waals surface area contributed by atoms with Crippen molar-refractivity contribution in [3.05, 3.63) is 35.2 Å². The van der Waals surface area contributed by atoms with Crippen LogP contribution in [0.15, 0.2) is 29.6 Å². The SMILES string of the molecule is CC(N)CCCN(C)Cc1csc2ccccc12. The van der Waals surface area contributed by atoms with Crippen LogP contribution in [-0.4, -0.2) is 24.5 Å². The molecule has 3 heteroatoms. The molecule has 0 saturated carbocycles. The minimum absolute atomic E-state index is 0.320. The van der Waals surface area contributed by atoms with Gasteiger partial charge in [-0.15, -0.1) is 11.3 Å². The molecular formula is C15H22N2S. The van der Waals surface area contributed by atoms with Gasteiger partial charge in [-0.25, -0.2) is 0 Å². The number of hydrogen-bond acceptors (Lipinski definition) is 3. The van der Waals surface area contributed by atoms with Gasteiger partial charge in [-0.1, -0.05) is 18.2 Å². The zero-order valence-electron chi connectivity index (χ0n) is 11.2. The van der Waals surface area contributed by atoms with Crippen LogP contribution < -0.4 is 5.73 Å². The first kappa shape index (κ1) is 13.5. The lowest BCUT2D eigenvalue weighted by Crippen LogP contribution is -2.22. The summed E-state index contributed by atoms with van der Waals surface area (Å²) in [7, 11) is 2.19. The molecule has 18 heavy (non-hydrogen) atoms. The number of nitrogens with zero attached hydrogens (tertiary/aromatic N) is 1. The van der Waals surface area contributed by atoms with E-state index in [1.165, 1.54) is 22.1 Å². The molecule has 1 aromatic heterocycles. The molecular weight excluding hydrogens is 240 g/mol. The van der Waals surface area contributed by atoms with Gasteiger partial charge in [0.05, 0.1) is 0 Å². The summed E-state index contributed by atoms with van der Waals surface area (Å²) in [6.45, 7) is 4.22. The Labute approximate surface area is 113 Å². The van der Waals surface area contributed by atoms with Gasteiger partial charge in [0.2, 0.25) is 0 Å². The highest BCUT2D eigenvalue weighted by atomic mass is 32.1. The molecule has 0 amide bonds. The van der Waals surface area contributed by atoms with Crippen LogP contribution >= 0.6 is 11.3 Å². The van der Waals surface area contributed by atoms with E-state index in [4.69, 9.17) is 5.73 Å². The minimum Gasteiger partial charge on any atom is -0.328 e. The molecule has 1 heterocycles. The molecule has 1 atom stereocenters. The Balaban J connectivity index is 1.92. The lowest BCUT2D eigenvalue weighted by atomic mass is 10.1. The minimum atomic E-state index is 0.320. The van der Waals surface area contributed by atoms with Gasteiger partial charge >= 0.3 is 0 Å². The molecule has 0 aliphatic carbocycles. The summed E-state index contributed by atoms with van der Waals surface area (Å²) in [6.07, 6.45) is 2.28. The van der Waals surface area contributed by atoms with Crippen molar-refractivity contribution in [3.63, 3.8) is 0 Å². The Morgan fingerprint density at radius 3 is 2.89 bits per heavy atom. The van der Waals surface area contributed by atoms with Crippen LogP contribution in [0, 0.1) is 0 Å². The van der Waals surface area contributed by atoms with E-state index in [9.17, 15) is 0 Å². The predicted molar refractivity (Wildman–Crippen MR) is 81.0 cm³/mol. The van der Waals surface area contributed by atoms with E-state index >= 15 is 0 Å². The summed E-state index contributed by atoms with van der Waals surface area (Å²) < 4.78 is 1.39. The highest BCUT2D eigenvalue weighted by Gasteiger charge is 2.06. The maximum Gasteiger partial charge on any atom is 0.0346 e. The summed E-state index contributed by atoms with van der Waals surface area (Å²) in [5, 5.41) is 3.69. The number of fused-ring (bicyclic) bond motifs is 1. The zero-order valence-corrected chi connectivity index (χ0v) is 12.0. The molecule has 2 nitrogen and oxygen atoms in total. The average Bonchev–Trinajstić information content (AvgIpc) is 2.72. The summed E-state index contributed by atoms with van der Waals surface area (Å²) in [5.41, 5.74) is 7.22. The Morgan fingerprint density at radius 1 is 1.33 bits per heavy atom. The molecule has 0 aliphatic rings. The topological polar surface area (TPSA) is 29.3 Å². The molecule has 0 spiro atoms. The normalized spacial score (nSPS) is 13.3. The second-order valence-corrected chi connectivity index (χ2v) is 6.03. The molecule has 0 aliphatic heterocycles. The monoisotopic (exact) mass is 262 g/mol. The maximum atomic E-state index is 5.77. The van der Waals surface area contributed by atoms with E-state index in [0.29, 0.717) is 6.04 Å². The number of nitrogens with two attached hydrogens (primary N) is 1. The lowest BCUT2D eigenvalue weighted by Gasteiger charge is -2.16. The van der Waals surface area contributed by atoms with Gasteiger partial charge in [-0.3, -0.25) is 0 Å². The van der Waals surface area contributed by atoms with Crippen molar-refractivity contribution in [1.82, 2.24) is 4.90 Å². The molecule has 98 valence electrons. The molecule has 0 fully saturated rings. The highest BCUT2D eigenvalue weighted by molar-refractivity contribution is 7.17. The first-order chi connectivity index (χ1) is 8.66. The Morgan fingerprint density at radius 2 is 2.11 bits per heavy atom. The third-order valence-electron chi connectivity index (χ3n) is 3.20. The second kappa shape index (κ2) is 6.32. The summed E-state index contributed by atoms with van der Waals surface area (Å²) >= 11 is 1.84. The Kier molecular flexibility index (Phi) is 4.75. The molecule has 0 radical (unpaired) electrons. The molecule has 2 aromatic rings. The summed E-state index contributed by atoms with van der Waals surface area (Å²) in [6, 6.07) is 8.96. The Bertz CT molecular complexity index is 490. The van der Waals surface area contributed by atoms with Gasteiger partial charge in [-0.05, 0) is 55.8 Å². The standard InChI is InChI=1S/C15H22N2S/c1-12(16)6-5-9-17(2)10-13-11-18-15-8-4-3-7-14(13)15/h3-4,7-8,11-12H,5-6,9-10,16H2,1-2H3. The molecule has 2 rings (SSSR count). The van der Waals surface area contributed by atoms with Crippen LogP contribution in [0.3, 0.4) is 0 Å². The van der Waals surface area contributed by atoms with E-state index in [1.807, 2.05) is 11.3 Å². The fraction of sp³-hybridized carbons (Fsp3) is 0.467. The van der Waals surface area contributed by atoms with Gasteiger partial charge in [-0.2, -0.15) is 0 Å². The predicted octanol–water partition coefficient (Wildman–Crippen LogP) is 3.46. The van der Waals surface area contributed by atoms with Crippen LogP contribution in [0.4, 0.5) is 0 Å². The summed E-state index contributed by atoms with van der Waals surface area (Å²) in [4.78, 5) is 2.39. The smallest absolute Gasteiger partial charge is 0.0346 e. The van der Waals surface area contributed by atoms with Crippen molar-refractivity contribution in [2.24, 2.45) is 5.73 Å². The van der Waals surface area contributed by atoms with Crippen molar-refractivity contribution in [1.29, 1.82) is 0 Å². The van der Waals surface area contributed by atoms with Gasteiger partial charge in [0.1, 0.15) is 0 Å². The van der Waals surface area contributed by atoms with Gasteiger partial charge in [0, 0.05) is 17.3 Å². The molecule has 0 saturated heterocycles. The van der Waals surface area contributed by atoms with Crippen LogP contribution in [0.1, 0.15) is 25.3 Å². The lowest BCUT2D eigenvalue weighted by molar-refractivity contribution is 0.316. The fourth-order valence-electron chi connectivity index (χ4n) is 2.21. The summed E-state index contributed by atoms with van der Waals surface area (Å²) in [5.74, 6) is 0. The van der Waals surface area contributed by atoms with E-state index in [1.54, 1.807) is 0 Å². The van der Waals surface area contributed by atoms with Gasteiger partial charge < -0.3 is 10.6 Å². The van der Waals surface area contributed by atoms with Gasteiger partial charge in [0.15, 0.2) is 0 Å². The average molecular weight is 262 g/mol. The van der Waals surface area contributed by atoms with E-state index in [-0.39, 0.29) is 0 Å². The molecule has 1 unspecified atom stereocenters. The van der Waals surface area contributed by atoms with E-state index < -0.39 is 0 Å². The van der Waals surface area contributed by atoms with E-state index in [0.717, 1.165) is 19.5 Å².